The van der Waals surface area contributed by atoms with Crippen LogP contribution in [-0.4, -0.2) is 52.9 Å². The number of carbonyl (C=O) groups excluding carboxylic acids is 3. The van der Waals surface area contributed by atoms with E-state index in [0.29, 0.717) is 5.56 Å². The molecule has 1 saturated heterocycles. The summed E-state index contributed by atoms with van der Waals surface area (Å²) in [5.74, 6) is -2.20. The van der Waals surface area contributed by atoms with Crippen LogP contribution in [0.5, 0.6) is 0 Å². The molecule has 208 valence electrons. The minimum Gasteiger partial charge on any atom is -0.459 e. The molecule has 0 spiro atoms. The number of benzene rings is 3. The van der Waals surface area contributed by atoms with Gasteiger partial charge in [0.25, 0.3) is 5.72 Å². The minimum absolute atomic E-state index is 0.140. The summed E-state index contributed by atoms with van der Waals surface area (Å²) in [6.07, 6.45) is -1.22. The average molecular weight is 573 g/mol. The Bertz CT molecular complexity index is 1660. The second-order valence-electron chi connectivity index (χ2n) is 9.09. The standard InChI is InChI=1S/C30H24N2O8S/c33-26(20-10-4-1-5-11-20)37-18-23-25(39-27(34)21-12-6-2-7-13-21)30(19-38-23,32-17-16-24(41)31-29(32)36)40-28(35)22-14-8-3-9-15-22/h1-17,23,25H,18-19H2,(H,31,36,41)/t23-,25-,30-/m1/s1. The number of aromatic nitrogens is 2. The van der Waals surface area contributed by atoms with Gasteiger partial charge in [-0.3, -0.25) is 9.55 Å². The van der Waals surface area contributed by atoms with Gasteiger partial charge < -0.3 is 18.9 Å². The largest absolute Gasteiger partial charge is 0.459 e. The van der Waals surface area contributed by atoms with Crippen molar-refractivity contribution < 1.29 is 33.3 Å². The highest BCUT2D eigenvalue weighted by Gasteiger charge is 2.58. The monoisotopic (exact) mass is 572 g/mol. The predicted octanol–water partition coefficient (Wildman–Crippen LogP) is 3.90. The number of nitrogens with zero attached hydrogens (tertiary/aromatic N) is 1. The van der Waals surface area contributed by atoms with Gasteiger partial charge in [-0.25, -0.2) is 19.2 Å². The Morgan fingerprint density at radius 2 is 1.37 bits per heavy atom. The molecule has 0 bridgehead atoms. The summed E-state index contributed by atoms with van der Waals surface area (Å²) in [5.41, 5.74) is -2.02. The van der Waals surface area contributed by atoms with Gasteiger partial charge in [0.1, 0.15) is 24.0 Å². The van der Waals surface area contributed by atoms with Crippen LogP contribution in [0.25, 0.3) is 0 Å². The Balaban J connectivity index is 1.55. The third kappa shape index (κ3) is 6.01. The normalized spacial score (nSPS) is 19.7. The number of ether oxygens (including phenoxy) is 4. The minimum atomic E-state index is -1.99. The van der Waals surface area contributed by atoms with E-state index in [1.54, 1.807) is 78.9 Å². The topological polar surface area (TPSA) is 126 Å². The van der Waals surface area contributed by atoms with Gasteiger partial charge in [-0.05, 0) is 42.5 Å². The summed E-state index contributed by atoms with van der Waals surface area (Å²) >= 11 is 5.09. The lowest BCUT2D eigenvalue weighted by Gasteiger charge is -2.35. The maximum atomic E-state index is 13.4. The number of rotatable bonds is 8. The molecule has 0 radical (unpaired) electrons. The predicted molar refractivity (Wildman–Crippen MR) is 148 cm³/mol. The molecule has 1 aliphatic rings. The first kappa shape index (κ1) is 27.7. The molecule has 0 unspecified atom stereocenters. The number of H-pyrrole nitrogens is 1. The van der Waals surface area contributed by atoms with Crippen LogP contribution in [0.3, 0.4) is 0 Å². The summed E-state index contributed by atoms with van der Waals surface area (Å²) < 4.78 is 24.5. The third-order valence-corrected chi connectivity index (χ3v) is 6.67. The van der Waals surface area contributed by atoms with Crippen molar-refractivity contribution in [2.75, 3.05) is 13.2 Å². The van der Waals surface area contributed by atoms with E-state index in [1.165, 1.54) is 24.4 Å². The van der Waals surface area contributed by atoms with Crippen molar-refractivity contribution in [3.8, 4) is 0 Å². The lowest BCUT2D eigenvalue weighted by molar-refractivity contribution is -0.130. The van der Waals surface area contributed by atoms with Crippen LogP contribution >= 0.6 is 12.2 Å². The smallest absolute Gasteiger partial charge is 0.340 e. The second kappa shape index (κ2) is 12.1. The van der Waals surface area contributed by atoms with Crippen LogP contribution in [0.1, 0.15) is 31.1 Å². The van der Waals surface area contributed by atoms with Crippen LogP contribution in [0.4, 0.5) is 0 Å². The Morgan fingerprint density at radius 1 is 0.829 bits per heavy atom. The molecule has 5 rings (SSSR count). The van der Waals surface area contributed by atoms with Crippen LogP contribution in [-0.2, 0) is 24.7 Å². The first-order chi connectivity index (χ1) is 19.9. The van der Waals surface area contributed by atoms with Gasteiger partial charge in [0.2, 0.25) is 0 Å². The lowest BCUT2D eigenvalue weighted by atomic mass is 10.0. The van der Waals surface area contributed by atoms with Crippen molar-refractivity contribution in [3.05, 3.63) is 135 Å². The Kier molecular flexibility index (Phi) is 8.18. The van der Waals surface area contributed by atoms with E-state index in [9.17, 15) is 19.2 Å². The van der Waals surface area contributed by atoms with E-state index in [-0.39, 0.29) is 22.4 Å². The molecule has 10 nitrogen and oxygen atoms in total. The van der Waals surface area contributed by atoms with Gasteiger partial charge in [-0.15, -0.1) is 0 Å². The second-order valence-corrected chi connectivity index (χ2v) is 9.53. The molecule has 1 N–H and O–H groups in total. The van der Waals surface area contributed by atoms with Crippen molar-refractivity contribution >= 4 is 30.1 Å². The fraction of sp³-hybridized carbons (Fsp3) is 0.167. The summed E-state index contributed by atoms with van der Waals surface area (Å²) in [7, 11) is 0. The molecule has 0 aliphatic carbocycles. The molecule has 41 heavy (non-hydrogen) atoms. The Labute approximate surface area is 239 Å². The lowest BCUT2D eigenvalue weighted by Crippen LogP contribution is -2.56. The Hall–Kier alpha value is -4.87. The highest BCUT2D eigenvalue weighted by atomic mass is 32.1. The number of hydrogen-bond donors (Lipinski definition) is 1. The molecule has 2 heterocycles. The van der Waals surface area contributed by atoms with Gasteiger partial charge in [-0.1, -0.05) is 66.8 Å². The van der Waals surface area contributed by atoms with Gasteiger partial charge in [-0.2, -0.15) is 0 Å². The highest BCUT2D eigenvalue weighted by Crippen LogP contribution is 2.36. The number of hydrogen-bond acceptors (Lipinski definition) is 9. The molecular formula is C30H24N2O8S. The fourth-order valence-electron chi connectivity index (χ4n) is 4.42. The van der Waals surface area contributed by atoms with E-state index < -0.39 is 48.1 Å². The summed E-state index contributed by atoms with van der Waals surface area (Å²) in [4.78, 5) is 55.0. The van der Waals surface area contributed by atoms with E-state index in [0.717, 1.165) is 4.57 Å². The summed E-state index contributed by atoms with van der Waals surface area (Å²) in [6, 6.07) is 26.0. The number of nitrogens with one attached hydrogen (secondary N) is 1. The zero-order valence-corrected chi connectivity index (χ0v) is 22.3. The Morgan fingerprint density at radius 3 is 1.93 bits per heavy atom. The molecule has 0 saturated carbocycles. The van der Waals surface area contributed by atoms with Gasteiger partial charge in [0.15, 0.2) is 6.10 Å². The van der Waals surface area contributed by atoms with Crippen LogP contribution in [0, 0.1) is 4.64 Å². The van der Waals surface area contributed by atoms with Crippen molar-refractivity contribution in [2.24, 2.45) is 0 Å². The van der Waals surface area contributed by atoms with E-state index in [2.05, 4.69) is 4.98 Å². The quantitative estimate of drug-likeness (QED) is 0.190. The van der Waals surface area contributed by atoms with Crippen LogP contribution in [0.2, 0.25) is 0 Å². The van der Waals surface area contributed by atoms with Crippen LogP contribution in [0.15, 0.2) is 108 Å². The van der Waals surface area contributed by atoms with Crippen molar-refractivity contribution in [2.45, 2.75) is 17.9 Å². The zero-order valence-electron chi connectivity index (χ0n) is 21.5. The molecule has 4 aromatic rings. The maximum Gasteiger partial charge on any atom is 0.340 e. The maximum absolute atomic E-state index is 13.4. The molecular weight excluding hydrogens is 548 g/mol. The first-order valence-corrected chi connectivity index (χ1v) is 13.0. The first-order valence-electron chi connectivity index (χ1n) is 12.6. The van der Waals surface area contributed by atoms with Gasteiger partial charge in [0, 0.05) is 6.20 Å². The molecule has 3 aromatic carbocycles. The molecule has 1 aliphatic heterocycles. The van der Waals surface area contributed by atoms with Crippen molar-refractivity contribution in [1.29, 1.82) is 0 Å². The molecule has 3 atom stereocenters. The third-order valence-electron chi connectivity index (χ3n) is 6.43. The fourth-order valence-corrected chi connectivity index (χ4v) is 4.56. The van der Waals surface area contributed by atoms with Gasteiger partial charge >= 0.3 is 23.6 Å². The number of aromatic amines is 1. The summed E-state index contributed by atoms with van der Waals surface area (Å²) in [6.45, 7) is -0.779. The van der Waals surface area contributed by atoms with Crippen LogP contribution < -0.4 is 5.69 Å². The zero-order chi connectivity index (χ0) is 28.8. The van der Waals surface area contributed by atoms with Crippen molar-refractivity contribution in [1.82, 2.24) is 9.55 Å². The molecule has 1 fully saturated rings. The SMILES string of the molecule is O=C(OC[C@H]1OC[C@](OC(=O)c2ccccc2)(n2ccc(=S)[nH]c2=O)[C@@H]1OC(=O)c1ccccc1)c1ccccc1. The highest BCUT2D eigenvalue weighted by molar-refractivity contribution is 7.71. The molecule has 11 heteroatoms. The summed E-state index contributed by atoms with van der Waals surface area (Å²) in [5, 5.41) is 0. The van der Waals surface area contributed by atoms with Gasteiger partial charge in [0.05, 0.1) is 16.7 Å². The van der Waals surface area contributed by atoms with E-state index in [1.807, 2.05) is 0 Å². The van der Waals surface area contributed by atoms with E-state index in [4.69, 9.17) is 31.2 Å². The van der Waals surface area contributed by atoms with Crippen molar-refractivity contribution in [3.63, 3.8) is 0 Å². The molecule has 1 aromatic heterocycles. The number of carbonyl (C=O) groups is 3. The number of esters is 3. The average Bonchev–Trinajstić information content (AvgIpc) is 3.33. The molecule has 0 amide bonds. The van der Waals surface area contributed by atoms with E-state index >= 15 is 0 Å².